The molecule has 6 nitrogen and oxygen atoms in total. The van der Waals surface area contributed by atoms with Crippen LogP contribution in [0.5, 0.6) is 11.5 Å². The molecule has 0 aliphatic rings. The Labute approximate surface area is 153 Å². The first kappa shape index (κ1) is 18.1. The molecule has 2 N–H and O–H groups in total. The lowest BCUT2D eigenvalue weighted by atomic mass is 10.2. The van der Waals surface area contributed by atoms with Crippen molar-refractivity contribution in [1.82, 2.24) is 0 Å². The zero-order valence-corrected chi connectivity index (χ0v) is 15.4. The van der Waals surface area contributed by atoms with Crippen molar-refractivity contribution in [2.24, 2.45) is 0 Å². The Hall–Kier alpha value is -2.29. The molecule has 2 rings (SSSR count). The van der Waals surface area contributed by atoms with Crippen molar-refractivity contribution in [3.63, 3.8) is 0 Å². The van der Waals surface area contributed by atoms with Gasteiger partial charge < -0.3 is 20.1 Å². The molecular formula is C17H17IN2O4. The lowest BCUT2D eigenvalue weighted by Gasteiger charge is -2.13. The van der Waals surface area contributed by atoms with E-state index in [-0.39, 0.29) is 18.4 Å². The number of amides is 2. The minimum atomic E-state index is -0.327. The molecule has 24 heavy (non-hydrogen) atoms. The Morgan fingerprint density at radius 3 is 2.58 bits per heavy atom. The van der Waals surface area contributed by atoms with Crippen LogP contribution in [-0.2, 0) is 9.59 Å². The van der Waals surface area contributed by atoms with E-state index >= 15 is 0 Å². The zero-order chi connectivity index (χ0) is 17.5. The van der Waals surface area contributed by atoms with Gasteiger partial charge in [-0.05, 0) is 59.0 Å². The highest BCUT2D eigenvalue weighted by Crippen LogP contribution is 2.27. The minimum Gasteiger partial charge on any atom is -0.495 e. The molecule has 0 atom stereocenters. The second-order valence-corrected chi connectivity index (χ2v) is 6.14. The summed E-state index contributed by atoms with van der Waals surface area (Å²) < 4.78 is 11.7. The van der Waals surface area contributed by atoms with E-state index in [9.17, 15) is 9.59 Å². The summed E-state index contributed by atoms with van der Waals surface area (Å²) in [6.45, 7) is 1.28. The minimum absolute atomic E-state index is 0.131. The molecular weight excluding hydrogens is 423 g/mol. The van der Waals surface area contributed by atoms with Gasteiger partial charge in [0.15, 0.2) is 6.61 Å². The van der Waals surface area contributed by atoms with E-state index in [1.807, 2.05) is 18.2 Å². The van der Waals surface area contributed by atoms with E-state index in [1.54, 1.807) is 24.3 Å². The largest absolute Gasteiger partial charge is 0.495 e. The summed E-state index contributed by atoms with van der Waals surface area (Å²) in [5.41, 5.74) is 1.03. The van der Waals surface area contributed by atoms with Crippen LogP contribution in [0.3, 0.4) is 0 Å². The van der Waals surface area contributed by atoms with E-state index in [0.29, 0.717) is 22.9 Å². The molecule has 0 saturated carbocycles. The maximum absolute atomic E-state index is 12.1. The third-order valence-electron chi connectivity index (χ3n) is 2.96. The van der Waals surface area contributed by atoms with Gasteiger partial charge in [-0.2, -0.15) is 0 Å². The van der Waals surface area contributed by atoms with Gasteiger partial charge in [-0.1, -0.05) is 6.07 Å². The maximum Gasteiger partial charge on any atom is 0.262 e. The fourth-order valence-electron chi connectivity index (χ4n) is 1.98. The van der Waals surface area contributed by atoms with Crippen molar-refractivity contribution in [1.29, 1.82) is 0 Å². The molecule has 0 bridgehead atoms. The molecule has 2 aromatic carbocycles. The summed E-state index contributed by atoms with van der Waals surface area (Å²) in [4.78, 5) is 23.2. The molecule has 0 aromatic heterocycles. The Bertz CT molecular complexity index is 749. The Kier molecular flexibility index (Phi) is 6.42. The molecule has 0 unspecified atom stereocenters. The van der Waals surface area contributed by atoms with Gasteiger partial charge in [0.1, 0.15) is 11.5 Å². The molecule has 0 aliphatic carbocycles. The number of nitrogens with one attached hydrogen (secondary N) is 2. The first-order chi connectivity index (χ1) is 11.5. The van der Waals surface area contributed by atoms with Crippen LogP contribution < -0.4 is 20.1 Å². The van der Waals surface area contributed by atoms with Gasteiger partial charge in [0.25, 0.3) is 5.91 Å². The Morgan fingerprint density at radius 1 is 1.12 bits per heavy atom. The number of carbonyl (C=O) groups is 2. The summed E-state index contributed by atoms with van der Waals surface area (Å²) in [7, 11) is 1.51. The van der Waals surface area contributed by atoms with Crippen LogP contribution in [0.15, 0.2) is 42.5 Å². The van der Waals surface area contributed by atoms with E-state index in [0.717, 1.165) is 3.57 Å². The molecule has 2 amide bonds. The second kappa shape index (κ2) is 8.53. The molecule has 0 saturated heterocycles. The lowest BCUT2D eigenvalue weighted by Crippen LogP contribution is -2.20. The highest BCUT2D eigenvalue weighted by molar-refractivity contribution is 14.1. The van der Waals surface area contributed by atoms with Gasteiger partial charge in [0, 0.05) is 16.2 Å². The lowest BCUT2D eigenvalue weighted by molar-refractivity contribution is -0.118. The summed E-state index contributed by atoms with van der Waals surface area (Å²) in [6, 6.07) is 12.4. The smallest absolute Gasteiger partial charge is 0.262 e. The SMILES string of the molecule is COc1ccc(NC(C)=O)cc1NC(=O)COc1cccc(I)c1. The van der Waals surface area contributed by atoms with Crippen molar-refractivity contribution >= 4 is 45.8 Å². The van der Waals surface area contributed by atoms with Crippen molar-refractivity contribution in [2.45, 2.75) is 6.92 Å². The van der Waals surface area contributed by atoms with Gasteiger partial charge in [0.2, 0.25) is 5.91 Å². The average molecular weight is 440 g/mol. The Morgan fingerprint density at radius 2 is 1.92 bits per heavy atom. The van der Waals surface area contributed by atoms with Gasteiger partial charge in [0.05, 0.1) is 12.8 Å². The molecule has 0 spiro atoms. The number of benzene rings is 2. The monoisotopic (exact) mass is 440 g/mol. The van der Waals surface area contributed by atoms with Gasteiger partial charge >= 0.3 is 0 Å². The van der Waals surface area contributed by atoms with E-state index in [1.165, 1.54) is 14.0 Å². The summed E-state index contributed by atoms with van der Waals surface area (Å²) in [5, 5.41) is 5.37. The quantitative estimate of drug-likeness (QED) is 0.677. The second-order valence-electron chi connectivity index (χ2n) is 4.89. The number of carbonyl (C=O) groups excluding carboxylic acids is 2. The molecule has 0 radical (unpaired) electrons. The predicted molar refractivity (Wildman–Crippen MR) is 101 cm³/mol. The zero-order valence-electron chi connectivity index (χ0n) is 13.3. The van der Waals surface area contributed by atoms with Crippen LogP contribution in [0, 0.1) is 3.57 Å². The molecule has 0 heterocycles. The standard InChI is InChI=1S/C17H17IN2O4/c1-11(21)19-13-6-7-16(23-2)15(9-13)20-17(22)10-24-14-5-3-4-12(18)8-14/h3-9H,10H2,1-2H3,(H,19,21)(H,20,22). The van der Waals surface area contributed by atoms with Crippen LogP contribution in [0.1, 0.15) is 6.92 Å². The number of halogens is 1. The summed E-state index contributed by atoms with van der Waals surface area (Å²) >= 11 is 2.17. The average Bonchev–Trinajstić information content (AvgIpc) is 2.53. The molecule has 2 aromatic rings. The first-order valence-corrected chi connectivity index (χ1v) is 8.19. The number of hydrogen-bond acceptors (Lipinski definition) is 4. The topological polar surface area (TPSA) is 76.7 Å². The third-order valence-corrected chi connectivity index (χ3v) is 3.63. The van der Waals surface area contributed by atoms with Crippen molar-refractivity contribution < 1.29 is 19.1 Å². The van der Waals surface area contributed by atoms with E-state index in [2.05, 4.69) is 33.2 Å². The fraction of sp³-hybridized carbons (Fsp3) is 0.176. The predicted octanol–water partition coefficient (Wildman–Crippen LogP) is 3.28. The van der Waals surface area contributed by atoms with Crippen LogP contribution in [0.2, 0.25) is 0 Å². The third kappa shape index (κ3) is 5.41. The van der Waals surface area contributed by atoms with Gasteiger partial charge in [-0.15, -0.1) is 0 Å². The summed E-state index contributed by atoms with van der Waals surface area (Å²) in [5.74, 6) is 0.592. The van der Waals surface area contributed by atoms with Crippen molar-refractivity contribution in [3.05, 3.63) is 46.0 Å². The highest BCUT2D eigenvalue weighted by atomic mass is 127. The van der Waals surface area contributed by atoms with Crippen molar-refractivity contribution in [2.75, 3.05) is 24.4 Å². The number of hydrogen-bond donors (Lipinski definition) is 2. The Balaban J connectivity index is 2.03. The molecule has 0 fully saturated rings. The maximum atomic E-state index is 12.1. The summed E-state index contributed by atoms with van der Waals surface area (Å²) in [6.07, 6.45) is 0. The van der Waals surface area contributed by atoms with Crippen molar-refractivity contribution in [3.8, 4) is 11.5 Å². The number of methoxy groups -OCH3 is 1. The van der Waals surface area contributed by atoms with Gasteiger partial charge in [-0.3, -0.25) is 9.59 Å². The normalized spacial score (nSPS) is 9.96. The van der Waals surface area contributed by atoms with Crippen LogP contribution in [0.25, 0.3) is 0 Å². The first-order valence-electron chi connectivity index (χ1n) is 7.12. The van der Waals surface area contributed by atoms with Gasteiger partial charge in [-0.25, -0.2) is 0 Å². The highest BCUT2D eigenvalue weighted by Gasteiger charge is 2.10. The fourth-order valence-corrected chi connectivity index (χ4v) is 2.49. The van der Waals surface area contributed by atoms with Crippen LogP contribution >= 0.6 is 22.6 Å². The molecule has 0 aliphatic heterocycles. The number of rotatable bonds is 6. The van der Waals surface area contributed by atoms with Crippen LogP contribution in [-0.4, -0.2) is 25.5 Å². The number of ether oxygens (including phenoxy) is 2. The molecule has 7 heteroatoms. The van der Waals surface area contributed by atoms with Crippen LogP contribution in [0.4, 0.5) is 11.4 Å². The van der Waals surface area contributed by atoms with E-state index in [4.69, 9.17) is 9.47 Å². The van der Waals surface area contributed by atoms with E-state index < -0.39 is 0 Å². The number of anilines is 2. The molecule has 126 valence electrons.